The van der Waals surface area contributed by atoms with E-state index in [4.69, 9.17) is 4.74 Å². The molecule has 3 N–H and O–H groups in total. The fourth-order valence-corrected chi connectivity index (χ4v) is 2.93. The Bertz CT molecular complexity index is 889. The van der Waals surface area contributed by atoms with E-state index in [0.29, 0.717) is 23.8 Å². The van der Waals surface area contributed by atoms with E-state index in [1.807, 2.05) is 0 Å². The summed E-state index contributed by atoms with van der Waals surface area (Å²) in [5.41, 5.74) is -0.637. The first-order chi connectivity index (χ1) is 13.9. The second-order valence-electron chi connectivity index (χ2n) is 6.52. The molecule has 1 aliphatic rings. The summed E-state index contributed by atoms with van der Waals surface area (Å²) in [6.45, 7) is 1.94. The van der Waals surface area contributed by atoms with Crippen LogP contribution in [0.5, 0.6) is 5.75 Å². The Labute approximate surface area is 167 Å². The van der Waals surface area contributed by atoms with Gasteiger partial charge < -0.3 is 20.7 Å². The van der Waals surface area contributed by atoms with Crippen LogP contribution in [0.3, 0.4) is 0 Å². The monoisotopic (exact) mass is 398 g/mol. The number of carbonyl (C=O) groups excluding carboxylic acids is 3. The third-order valence-corrected chi connectivity index (χ3v) is 4.54. The van der Waals surface area contributed by atoms with Gasteiger partial charge in [-0.25, -0.2) is 14.8 Å². The van der Waals surface area contributed by atoms with Crippen LogP contribution in [0.1, 0.15) is 12.5 Å². The summed E-state index contributed by atoms with van der Waals surface area (Å²) in [7, 11) is 1.54. The van der Waals surface area contributed by atoms with E-state index in [1.54, 1.807) is 56.8 Å². The lowest BCUT2D eigenvalue weighted by atomic mass is 9.92. The van der Waals surface area contributed by atoms with Crippen LogP contribution in [0, 0.1) is 0 Å². The van der Waals surface area contributed by atoms with Crippen LogP contribution < -0.4 is 20.7 Å². The summed E-state index contributed by atoms with van der Waals surface area (Å²) < 4.78 is 5.11. The van der Waals surface area contributed by atoms with E-state index < -0.39 is 23.4 Å². The number of benzene rings is 1. The van der Waals surface area contributed by atoms with Crippen molar-refractivity contribution in [2.45, 2.75) is 12.5 Å². The van der Waals surface area contributed by atoms with Gasteiger partial charge in [0.25, 0.3) is 5.91 Å². The number of anilines is 1. The van der Waals surface area contributed by atoms with Crippen LogP contribution in [0.4, 0.5) is 10.7 Å². The molecular formula is C19H22N6O4. The minimum Gasteiger partial charge on any atom is -0.497 e. The molecular weight excluding hydrogens is 376 g/mol. The third kappa shape index (κ3) is 4.42. The summed E-state index contributed by atoms with van der Waals surface area (Å²) in [6.07, 6.45) is 3.21. The molecule has 2 heterocycles. The van der Waals surface area contributed by atoms with Gasteiger partial charge in [-0.1, -0.05) is 12.1 Å². The van der Waals surface area contributed by atoms with Crippen LogP contribution in [0.2, 0.25) is 0 Å². The average Bonchev–Trinajstić information content (AvgIpc) is 2.96. The molecule has 4 amide bonds. The van der Waals surface area contributed by atoms with E-state index >= 15 is 0 Å². The molecule has 3 rings (SSSR count). The van der Waals surface area contributed by atoms with E-state index in [2.05, 4.69) is 25.9 Å². The van der Waals surface area contributed by atoms with Crippen molar-refractivity contribution in [3.05, 3.63) is 48.3 Å². The first-order valence-electron chi connectivity index (χ1n) is 9.00. The minimum absolute atomic E-state index is 0.288. The van der Waals surface area contributed by atoms with Crippen molar-refractivity contribution >= 4 is 23.8 Å². The number of nitrogens with one attached hydrogen (secondary N) is 3. The van der Waals surface area contributed by atoms with Gasteiger partial charge in [0, 0.05) is 25.5 Å². The average molecular weight is 398 g/mol. The molecule has 29 heavy (non-hydrogen) atoms. The number of methoxy groups -OCH3 is 1. The zero-order valence-corrected chi connectivity index (χ0v) is 16.1. The van der Waals surface area contributed by atoms with Gasteiger partial charge in [-0.3, -0.25) is 14.5 Å². The Morgan fingerprint density at radius 2 is 1.86 bits per heavy atom. The number of hydrogen-bond donors (Lipinski definition) is 3. The quantitative estimate of drug-likeness (QED) is 0.436. The number of carbonyl (C=O) groups is 3. The van der Waals surface area contributed by atoms with E-state index in [1.165, 1.54) is 0 Å². The smallest absolute Gasteiger partial charge is 0.325 e. The molecule has 1 aromatic carbocycles. The highest BCUT2D eigenvalue weighted by atomic mass is 16.5. The first-order valence-corrected chi connectivity index (χ1v) is 9.00. The number of ether oxygens (including phenoxy) is 1. The van der Waals surface area contributed by atoms with Crippen LogP contribution in [0.25, 0.3) is 0 Å². The van der Waals surface area contributed by atoms with Crippen LogP contribution in [0.15, 0.2) is 42.7 Å². The number of rotatable bonds is 8. The highest BCUT2D eigenvalue weighted by Gasteiger charge is 2.49. The van der Waals surface area contributed by atoms with Gasteiger partial charge in [-0.2, -0.15) is 0 Å². The lowest BCUT2D eigenvalue weighted by Gasteiger charge is -2.22. The molecule has 0 radical (unpaired) electrons. The maximum absolute atomic E-state index is 12.8. The van der Waals surface area contributed by atoms with Gasteiger partial charge in [0.2, 0.25) is 11.9 Å². The standard InChI is InChI=1S/C19H22N6O4/c1-19(13-4-6-14(29-2)7-5-13)16(27)25(18(28)24-19)12-15(26)20-10-11-23-17-21-8-3-9-22-17/h3-9H,10-12H2,1-2H3,(H,20,26)(H,24,28)(H,21,22,23). The fourth-order valence-electron chi connectivity index (χ4n) is 2.93. The second kappa shape index (κ2) is 8.55. The fraction of sp³-hybridized carbons (Fsp3) is 0.316. The topological polar surface area (TPSA) is 126 Å². The normalized spacial score (nSPS) is 18.3. The van der Waals surface area contributed by atoms with Crippen molar-refractivity contribution in [2.75, 3.05) is 32.1 Å². The maximum Gasteiger partial charge on any atom is 0.325 e. The molecule has 1 atom stereocenters. The lowest BCUT2D eigenvalue weighted by Crippen LogP contribution is -2.43. The van der Waals surface area contributed by atoms with Gasteiger partial charge in [0.15, 0.2) is 0 Å². The Kier molecular flexibility index (Phi) is 5.91. The molecule has 10 heteroatoms. The highest BCUT2D eigenvalue weighted by Crippen LogP contribution is 2.29. The minimum atomic E-state index is -1.24. The number of nitrogens with zero attached hydrogens (tertiary/aromatic N) is 3. The van der Waals surface area contributed by atoms with Gasteiger partial charge in [0.05, 0.1) is 7.11 Å². The number of amides is 4. The Balaban J connectivity index is 1.54. The van der Waals surface area contributed by atoms with Crippen LogP contribution in [-0.2, 0) is 15.1 Å². The summed E-state index contributed by atoms with van der Waals surface area (Å²) >= 11 is 0. The van der Waals surface area contributed by atoms with Crippen molar-refractivity contribution in [1.82, 2.24) is 25.5 Å². The van der Waals surface area contributed by atoms with Gasteiger partial charge in [0.1, 0.15) is 17.8 Å². The molecule has 1 fully saturated rings. The third-order valence-electron chi connectivity index (χ3n) is 4.54. The Hall–Kier alpha value is -3.69. The van der Waals surface area contributed by atoms with Gasteiger partial charge in [-0.15, -0.1) is 0 Å². The van der Waals surface area contributed by atoms with Crippen LogP contribution >= 0.6 is 0 Å². The molecule has 10 nitrogen and oxygen atoms in total. The lowest BCUT2D eigenvalue weighted by molar-refractivity contribution is -0.134. The summed E-state index contributed by atoms with van der Waals surface area (Å²) in [5, 5.41) is 8.27. The predicted molar refractivity (Wildman–Crippen MR) is 104 cm³/mol. The van der Waals surface area contributed by atoms with Gasteiger partial charge >= 0.3 is 6.03 Å². The molecule has 1 aliphatic heterocycles. The first kappa shape index (κ1) is 20.1. The largest absolute Gasteiger partial charge is 0.497 e. The number of hydrogen-bond acceptors (Lipinski definition) is 7. The summed E-state index contributed by atoms with van der Waals surface area (Å²) in [6, 6.07) is 7.91. The van der Waals surface area contributed by atoms with Crippen molar-refractivity contribution in [3.63, 3.8) is 0 Å². The molecule has 0 spiro atoms. The molecule has 152 valence electrons. The molecule has 0 saturated carbocycles. The SMILES string of the molecule is COc1ccc(C2(C)NC(=O)N(CC(=O)NCCNc3ncccn3)C2=O)cc1. The zero-order valence-electron chi connectivity index (χ0n) is 16.1. The van der Waals surface area contributed by atoms with E-state index in [-0.39, 0.29) is 13.1 Å². The van der Waals surface area contributed by atoms with E-state index in [0.717, 1.165) is 4.90 Å². The van der Waals surface area contributed by atoms with Crippen molar-refractivity contribution < 1.29 is 19.1 Å². The molecule has 0 bridgehead atoms. The van der Waals surface area contributed by atoms with Crippen molar-refractivity contribution in [2.24, 2.45) is 0 Å². The van der Waals surface area contributed by atoms with E-state index in [9.17, 15) is 14.4 Å². The predicted octanol–water partition coefficient (Wildman–Crippen LogP) is 0.481. The molecule has 0 aliphatic carbocycles. The molecule has 1 saturated heterocycles. The number of urea groups is 1. The van der Waals surface area contributed by atoms with Crippen molar-refractivity contribution in [1.29, 1.82) is 0 Å². The number of aromatic nitrogens is 2. The summed E-state index contributed by atoms with van der Waals surface area (Å²) in [5.74, 6) is 0.160. The highest BCUT2D eigenvalue weighted by molar-refractivity contribution is 6.09. The Morgan fingerprint density at radius 3 is 2.52 bits per heavy atom. The Morgan fingerprint density at radius 1 is 1.17 bits per heavy atom. The summed E-state index contributed by atoms with van der Waals surface area (Å²) in [4.78, 5) is 46.2. The molecule has 1 aromatic heterocycles. The zero-order chi connectivity index (χ0) is 20.9. The second-order valence-corrected chi connectivity index (χ2v) is 6.52. The van der Waals surface area contributed by atoms with Crippen LogP contribution in [-0.4, -0.2) is 59.5 Å². The van der Waals surface area contributed by atoms with Gasteiger partial charge in [-0.05, 0) is 30.7 Å². The molecule has 1 unspecified atom stereocenters. The number of imide groups is 1. The van der Waals surface area contributed by atoms with Crippen molar-refractivity contribution in [3.8, 4) is 5.75 Å². The maximum atomic E-state index is 12.8. The molecule has 2 aromatic rings.